The summed E-state index contributed by atoms with van der Waals surface area (Å²) in [6, 6.07) is 6.42. The fraction of sp³-hybridized carbons (Fsp3) is 0.571. The average Bonchev–Trinajstić information content (AvgIpc) is 2.94. The lowest BCUT2D eigenvalue weighted by molar-refractivity contribution is 0.220. The molecule has 0 radical (unpaired) electrons. The number of hydrogen-bond donors (Lipinski definition) is 2. The van der Waals surface area contributed by atoms with E-state index in [-0.39, 0.29) is 41.6 Å². The van der Waals surface area contributed by atoms with Crippen molar-refractivity contribution < 1.29 is 9.13 Å². The van der Waals surface area contributed by atoms with Gasteiger partial charge in [0.15, 0.2) is 17.5 Å². The summed E-state index contributed by atoms with van der Waals surface area (Å²) in [6.45, 7) is 6.81. The van der Waals surface area contributed by atoms with Crippen LogP contribution in [0.1, 0.15) is 44.8 Å². The Hall–Kier alpha value is -1.91. The summed E-state index contributed by atoms with van der Waals surface area (Å²) >= 11 is 0. The molecule has 1 unspecified atom stereocenters. The lowest BCUT2D eigenvalue weighted by Gasteiger charge is -2.15. The van der Waals surface area contributed by atoms with Gasteiger partial charge < -0.3 is 19.9 Å². The summed E-state index contributed by atoms with van der Waals surface area (Å²) in [4.78, 5) is 4.56. The molecule has 3 rings (SSSR count). The lowest BCUT2D eigenvalue weighted by atomic mass is 10.2. The molecule has 2 aromatic rings. The van der Waals surface area contributed by atoms with Crippen LogP contribution in [0.25, 0.3) is 0 Å². The van der Waals surface area contributed by atoms with Gasteiger partial charge in [-0.3, -0.25) is 0 Å². The Morgan fingerprint density at radius 1 is 1.23 bits per heavy atom. The smallest absolute Gasteiger partial charge is 0.191 e. The van der Waals surface area contributed by atoms with Crippen LogP contribution >= 0.6 is 24.0 Å². The summed E-state index contributed by atoms with van der Waals surface area (Å²) in [6.07, 6.45) is 5.21. The number of aromatic nitrogens is 3. The van der Waals surface area contributed by atoms with E-state index in [0.29, 0.717) is 19.0 Å². The van der Waals surface area contributed by atoms with Crippen molar-refractivity contribution >= 4 is 29.9 Å². The molecule has 0 fully saturated rings. The van der Waals surface area contributed by atoms with Crippen LogP contribution in [-0.2, 0) is 19.4 Å². The maximum Gasteiger partial charge on any atom is 0.191 e. The van der Waals surface area contributed by atoms with Gasteiger partial charge in [0.25, 0.3) is 0 Å². The number of hydrogen-bond acceptors (Lipinski definition) is 4. The van der Waals surface area contributed by atoms with Crippen molar-refractivity contribution in [2.45, 2.75) is 58.6 Å². The topological polar surface area (TPSA) is 76.4 Å². The predicted molar refractivity (Wildman–Crippen MR) is 127 cm³/mol. The Balaban J connectivity index is 0.00000320. The Bertz CT molecular complexity index is 813. The molecule has 166 valence electrons. The van der Waals surface area contributed by atoms with E-state index in [2.05, 4.69) is 30.4 Å². The first-order valence-electron chi connectivity index (χ1n) is 10.5. The second-order valence-corrected chi connectivity index (χ2v) is 7.25. The minimum absolute atomic E-state index is 0. The first-order chi connectivity index (χ1) is 14.2. The molecule has 30 heavy (non-hydrogen) atoms. The highest BCUT2D eigenvalue weighted by Gasteiger charge is 2.14. The number of nitrogens with zero attached hydrogens (tertiary/aromatic N) is 4. The van der Waals surface area contributed by atoms with Crippen molar-refractivity contribution in [1.29, 1.82) is 0 Å². The quantitative estimate of drug-likeness (QED) is 0.311. The first-order valence-corrected chi connectivity index (χ1v) is 10.5. The van der Waals surface area contributed by atoms with Gasteiger partial charge in [-0.1, -0.05) is 18.6 Å². The van der Waals surface area contributed by atoms with Gasteiger partial charge in [-0.05, 0) is 38.8 Å². The first kappa shape index (κ1) is 24.4. The van der Waals surface area contributed by atoms with Crippen LogP contribution in [0.3, 0.4) is 0 Å². The zero-order valence-electron chi connectivity index (χ0n) is 17.7. The van der Waals surface area contributed by atoms with Gasteiger partial charge in [-0.25, -0.2) is 9.38 Å². The largest absolute Gasteiger partial charge is 0.486 e. The Morgan fingerprint density at radius 3 is 2.87 bits per heavy atom. The van der Waals surface area contributed by atoms with Crippen LogP contribution in [0.4, 0.5) is 4.39 Å². The Kier molecular flexibility index (Phi) is 10.3. The Labute approximate surface area is 194 Å². The summed E-state index contributed by atoms with van der Waals surface area (Å²) in [5.41, 5.74) is 0. The van der Waals surface area contributed by atoms with E-state index in [9.17, 15) is 4.39 Å². The fourth-order valence-corrected chi connectivity index (χ4v) is 3.38. The normalized spacial score (nSPS) is 14.8. The molecule has 9 heteroatoms. The zero-order chi connectivity index (χ0) is 20.5. The molecule has 0 saturated carbocycles. The second-order valence-electron chi connectivity index (χ2n) is 7.25. The summed E-state index contributed by atoms with van der Waals surface area (Å²) < 4.78 is 21.6. The molecule has 0 aliphatic carbocycles. The van der Waals surface area contributed by atoms with Crippen LogP contribution in [0.5, 0.6) is 5.75 Å². The minimum Gasteiger partial charge on any atom is -0.486 e. The van der Waals surface area contributed by atoms with Crippen molar-refractivity contribution in [3.05, 3.63) is 41.7 Å². The van der Waals surface area contributed by atoms with Crippen LogP contribution < -0.4 is 15.4 Å². The van der Waals surface area contributed by atoms with Crippen LogP contribution in [-0.4, -0.2) is 46.5 Å². The molecule has 0 amide bonds. The molecule has 0 bridgehead atoms. The monoisotopic (exact) mass is 530 g/mol. The third-order valence-corrected chi connectivity index (χ3v) is 4.84. The van der Waals surface area contributed by atoms with Crippen molar-refractivity contribution in [3.63, 3.8) is 0 Å². The van der Waals surface area contributed by atoms with Crippen molar-refractivity contribution in [1.82, 2.24) is 25.4 Å². The molecule has 1 aliphatic rings. The van der Waals surface area contributed by atoms with Crippen LogP contribution in [0.15, 0.2) is 29.3 Å². The third kappa shape index (κ3) is 7.10. The summed E-state index contributed by atoms with van der Waals surface area (Å²) in [5.74, 6) is 2.74. The highest BCUT2D eigenvalue weighted by atomic mass is 127. The number of halogens is 2. The van der Waals surface area contributed by atoms with Gasteiger partial charge in [0.05, 0.1) is 6.54 Å². The van der Waals surface area contributed by atoms with Gasteiger partial charge >= 0.3 is 0 Å². The molecule has 1 aromatic carbocycles. The molecule has 7 nitrogen and oxygen atoms in total. The highest BCUT2D eigenvalue weighted by molar-refractivity contribution is 14.0. The third-order valence-electron chi connectivity index (χ3n) is 4.84. The molecular formula is C21H32FIN6O. The number of nitrogens with one attached hydrogen (secondary N) is 2. The predicted octanol–water partition coefficient (Wildman–Crippen LogP) is 3.33. The maximum atomic E-state index is 13.7. The number of ether oxygens (including phenoxy) is 1. The van der Waals surface area contributed by atoms with Gasteiger partial charge in [0.1, 0.15) is 17.8 Å². The number of aryl methyl sites for hydroxylation is 1. The average molecular weight is 530 g/mol. The van der Waals surface area contributed by atoms with Crippen molar-refractivity contribution in [2.75, 3.05) is 19.6 Å². The van der Waals surface area contributed by atoms with Crippen LogP contribution in [0.2, 0.25) is 0 Å². The standard InChI is InChI=1S/C21H31FN6O.HI/c1-3-23-21(25-15-16(2)29-18-10-7-6-9-17(18)22)24-13-12-20-27-26-19-11-5-4-8-14-28(19)20;/h6-7,9-10,16H,3-5,8,11-15H2,1-2H3,(H2,23,24,25);1H. The van der Waals surface area contributed by atoms with E-state index in [1.807, 2.05) is 13.8 Å². The van der Waals surface area contributed by atoms with E-state index in [0.717, 1.165) is 37.6 Å². The molecule has 2 N–H and O–H groups in total. The van der Waals surface area contributed by atoms with Crippen molar-refractivity contribution in [3.8, 4) is 5.75 Å². The number of benzene rings is 1. The van der Waals surface area contributed by atoms with Crippen molar-refractivity contribution in [2.24, 2.45) is 4.99 Å². The number of fused-ring (bicyclic) bond motifs is 1. The molecular weight excluding hydrogens is 498 g/mol. The molecule has 0 spiro atoms. The van der Waals surface area contributed by atoms with Gasteiger partial charge in [0, 0.05) is 32.5 Å². The van der Waals surface area contributed by atoms with E-state index in [4.69, 9.17) is 4.74 Å². The fourth-order valence-electron chi connectivity index (χ4n) is 3.38. The van der Waals surface area contributed by atoms with E-state index >= 15 is 0 Å². The number of para-hydroxylation sites is 1. The van der Waals surface area contributed by atoms with Gasteiger partial charge in [-0.15, -0.1) is 34.2 Å². The van der Waals surface area contributed by atoms with E-state index in [1.54, 1.807) is 18.2 Å². The maximum absolute atomic E-state index is 13.7. The minimum atomic E-state index is -0.360. The van der Waals surface area contributed by atoms with Gasteiger partial charge in [0.2, 0.25) is 0 Å². The van der Waals surface area contributed by atoms with E-state index in [1.165, 1.54) is 25.3 Å². The molecule has 1 aliphatic heterocycles. The molecule has 2 heterocycles. The molecule has 1 atom stereocenters. The SMILES string of the molecule is CCNC(=NCC(C)Oc1ccccc1F)NCCc1nnc2n1CCCCC2.I. The summed E-state index contributed by atoms with van der Waals surface area (Å²) in [7, 11) is 0. The number of rotatable bonds is 8. The van der Waals surface area contributed by atoms with Gasteiger partial charge in [-0.2, -0.15) is 0 Å². The Morgan fingerprint density at radius 2 is 2.07 bits per heavy atom. The van der Waals surface area contributed by atoms with Crippen LogP contribution in [0, 0.1) is 5.82 Å². The zero-order valence-corrected chi connectivity index (χ0v) is 20.1. The lowest BCUT2D eigenvalue weighted by Crippen LogP contribution is -2.39. The second kappa shape index (κ2) is 12.7. The highest BCUT2D eigenvalue weighted by Crippen LogP contribution is 2.17. The molecule has 1 aromatic heterocycles. The molecule has 0 saturated heterocycles. The number of aliphatic imine (C=N–C) groups is 1. The summed E-state index contributed by atoms with van der Waals surface area (Å²) in [5, 5.41) is 15.3. The number of guanidine groups is 1. The van der Waals surface area contributed by atoms with E-state index < -0.39 is 0 Å².